The lowest BCUT2D eigenvalue weighted by Crippen LogP contribution is -2.30. The van der Waals surface area contributed by atoms with Crippen LogP contribution in [0.1, 0.15) is 258 Å². The smallest absolute Gasteiger partial charge is 0.306 e. The van der Waals surface area contributed by atoms with Gasteiger partial charge in [0.1, 0.15) is 13.2 Å². The Bertz CT molecular complexity index is 984. The zero-order chi connectivity index (χ0) is 42.3. The summed E-state index contributed by atoms with van der Waals surface area (Å²) in [5, 5.41) is 0. The van der Waals surface area contributed by atoms with Gasteiger partial charge in [0.15, 0.2) is 6.10 Å². The minimum atomic E-state index is -0.777. The largest absolute Gasteiger partial charge is 0.462 e. The van der Waals surface area contributed by atoms with Crippen molar-refractivity contribution in [2.45, 2.75) is 264 Å². The Morgan fingerprint density at radius 3 is 0.983 bits per heavy atom. The zero-order valence-electron chi connectivity index (χ0n) is 38.6. The van der Waals surface area contributed by atoms with E-state index in [9.17, 15) is 14.4 Å². The molecule has 0 heterocycles. The van der Waals surface area contributed by atoms with Crippen molar-refractivity contribution in [2.24, 2.45) is 0 Å². The van der Waals surface area contributed by atoms with Gasteiger partial charge in [-0.05, 0) is 77.0 Å². The monoisotopic (exact) mass is 815 g/mol. The third-order valence-electron chi connectivity index (χ3n) is 10.9. The van der Waals surface area contributed by atoms with E-state index in [1.54, 1.807) is 0 Å². The first-order chi connectivity index (χ1) is 28.5. The van der Waals surface area contributed by atoms with Crippen LogP contribution in [0, 0.1) is 0 Å². The molecule has 6 heteroatoms. The van der Waals surface area contributed by atoms with Gasteiger partial charge in [0.2, 0.25) is 0 Å². The van der Waals surface area contributed by atoms with Crippen LogP contribution in [0.2, 0.25) is 0 Å². The highest BCUT2D eigenvalue weighted by Gasteiger charge is 2.19. The van der Waals surface area contributed by atoms with Crippen LogP contribution in [0.4, 0.5) is 0 Å². The maximum absolute atomic E-state index is 12.8. The highest BCUT2D eigenvalue weighted by Crippen LogP contribution is 2.14. The van der Waals surface area contributed by atoms with Crippen molar-refractivity contribution in [2.75, 3.05) is 13.2 Å². The average molecular weight is 815 g/mol. The average Bonchev–Trinajstić information content (AvgIpc) is 3.22. The Balaban J connectivity index is 4.36. The lowest BCUT2D eigenvalue weighted by molar-refractivity contribution is -0.167. The lowest BCUT2D eigenvalue weighted by atomic mass is 10.1. The van der Waals surface area contributed by atoms with Gasteiger partial charge >= 0.3 is 17.9 Å². The number of hydrogen-bond donors (Lipinski definition) is 0. The predicted molar refractivity (Wildman–Crippen MR) is 247 cm³/mol. The molecule has 0 aliphatic rings. The van der Waals surface area contributed by atoms with Crippen LogP contribution in [-0.2, 0) is 28.6 Å². The Kier molecular flexibility index (Phi) is 45.4. The molecule has 1 atom stereocenters. The number of carbonyl (C=O) groups is 3. The van der Waals surface area contributed by atoms with Gasteiger partial charge in [-0.2, -0.15) is 0 Å². The maximum atomic E-state index is 12.8. The number of rotatable bonds is 45. The van der Waals surface area contributed by atoms with E-state index >= 15 is 0 Å². The van der Waals surface area contributed by atoms with Gasteiger partial charge in [0.05, 0.1) is 0 Å². The number of ether oxygens (including phenoxy) is 3. The molecule has 0 rings (SSSR count). The molecule has 0 bridgehead atoms. The SMILES string of the molecule is CCCCCC/C=C\C/C=C\CCCCCCCC(=O)OCC(COC(=O)CCCCCCCCCCC)OC(=O)CCCCCCC/C=C\CCCCCCCC. The van der Waals surface area contributed by atoms with Gasteiger partial charge < -0.3 is 14.2 Å². The molecule has 0 N–H and O–H groups in total. The summed E-state index contributed by atoms with van der Waals surface area (Å²) in [5.74, 6) is -0.897. The highest BCUT2D eigenvalue weighted by atomic mass is 16.6. The molecular formula is C52H94O6. The fourth-order valence-corrected chi connectivity index (χ4v) is 7.05. The molecule has 0 aromatic rings. The summed E-state index contributed by atoms with van der Waals surface area (Å²) in [6.45, 7) is 6.59. The van der Waals surface area contributed by atoms with Gasteiger partial charge in [-0.25, -0.2) is 0 Å². The molecule has 0 aromatic carbocycles. The normalized spacial score (nSPS) is 12.3. The molecule has 0 saturated carbocycles. The summed E-state index contributed by atoms with van der Waals surface area (Å²) < 4.78 is 16.7. The van der Waals surface area contributed by atoms with Gasteiger partial charge in [0, 0.05) is 19.3 Å². The minimum absolute atomic E-state index is 0.0779. The van der Waals surface area contributed by atoms with Crippen molar-refractivity contribution in [1.29, 1.82) is 0 Å². The summed E-state index contributed by atoms with van der Waals surface area (Å²) >= 11 is 0. The minimum Gasteiger partial charge on any atom is -0.462 e. The van der Waals surface area contributed by atoms with Crippen molar-refractivity contribution >= 4 is 17.9 Å². The molecule has 6 nitrogen and oxygen atoms in total. The topological polar surface area (TPSA) is 78.9 Å². The summed E-state index contributed by atoms with van der Waals surface area (Å²) in [6, 6.07) is 0. The van der Waals surface area contributed by atoms with Crippen molar-refractivity contribution in [3.63, 3.8) is 0 Å². The fourth-order valence-electron chi connectivity index (χ4n) is 7.05. The van der Waals surface area contributed by atoms with Gasteiger partial charge in [-0.15, -0.1) is 0 Å². The fraction of sp³-hybridized carbons (Fsp3) is 0.827. The van der Waals surface area contributed by atoms with Crippen molar-refractivity contribution in [3.05, 3.63) is 36.5 Å². The van der Waals surface area contributed by atoms with E-state index in [0.717, 1.165) is 83.5 Å². The molecule has 0 fully saturated rings. The Morgan fingerprint density at radius 1 is 0.345 bits per heavy atom. The molecule has 0 aromatic heterocycles. The highest BCUT2D eigenvalue weighted by molar-refractivity contribution is 5.71. The van der Waals surface area contributed by atoms with E-state index in [1.807, 2.05) is 0 Å². The Hall–Kier alpha value is -2.37. The maximum Gasteiger partial charge on any atom is 0.306 e. The Labute approximate surface area is 359 Å². The van der Waals surface area contributed by atoms with E-state index in [-0.39, 0.29) is 31.1 Å². The first kappa shape index (κ1) is 55.6. The molecule has 0 radical (unpaired) electrons. The second-order valence-corrected chi connectivity index (χ2v) is 16.7. The van der Waals surface area contributed by atoms with E-state index in [2.05, 4.69) is 57.2 Å². The standard InChI is InChI=1S/C52H94O6/c1-4-7-10-13-16-19-21-23-25-27-28-30-33-36-39-42-45-51(54)57-48-49(47-56-50(53)44-41-38-35-32-18-15-12-9-6-3)58-52(55)46-43-40-37-34-31-29-26-24-22-20-17-14-11-8-5-2/h19,21,24-27,49H,4-18,20,22-23,28-48H2,1-3H3/b21-19-,26-24-,27-25-. The van der Waals surface area contributed by atoms with E-state index < -0.39 is 6.10 Å². The third kappa shape index (κ3) is 44.7. The van der Waals surface area contributed by atoms with Crippen LogP contribution in [0.5, 0.6) is 0 Å². The molecule has 338 valence electrons. The molecule has 0 amide bonds. The number of hydrogen-bond acceptors (Lipinski definition) is 6. The third-order valence-corrected chi connectivity index (χ3v) is 10.9. The number of esters is 3. The van der Waals surface area contributed by atoms with Crippen LogP contribution >= 0.6 is 0 Å². The van der Waals surface area contributed by atoms with Crippen LogP contribution in [0.15, 0.2) is 36.5 Å². The second-order valence-electron chi connectivity index (χ2n) is 16.7. The lowest BCUT2D eigenvalue weighted by Gasteiger charge is -2.18. The molecule has 0 spiro atoms. The van der Waals surface area contributed by atoms with Crippen molar-refractivity contribution < 1.29 is 28.6 Å². The predicted octanol–water partition coefficient (Wildman–Crippen LogP) is 16.1. The molecule has 1 unspecified atom stereocenters. The molecule has 58 heavy (non-hydrogen) atoms. The van der Waals surface area contributed by atoms with Crippen LogP contribution in [0.3, 0.4) is 0 Å². The second kappa shape index (κ2) is 47.3. The van der Waals surface area contributed by atoms with Crippen LogP contribution in [0.25, 0.3) is 0 Å². The summed E-state index contributed by atoms with van der Waals surface area (Å²) in [5.41, 5.74) is 0. The summed E-state index contributed by atoms with van der Waals surface area (Å²) in [4.78, 5) is 37.8. The van der Waals surface area contributed by atoms with Gasteiger partial charge in [0.25, 0.3) is 0 Å². The zero-order valence-corrected chi connectivity index (χ0v) is 38.6. The Morgan fingerprint density at radius 2 is 0.621 bits per heavy atom. The summed E-state index contributed by atoms with van der Waals surface area (Å²) in [7, 11) is 0. The number of allylic oxidation sites excluding steroid dienone is 6. The van der Waals surface area contributed by atoms with Crippen molar-refractivity contribution in [3.8, 4) is 0 Å². The quantitative estimate of drug-likeness (QED) is 0.0264. The van der Waals surface area contributed by atoms with Crippen LogP contribution < -0.4 is 0 Å². The summed E-state index contributed by atoms with van der Waals surface area (Å²) in [6.07, 6.45) is 54.1. The molecule has 0 aliphatic heterocycles. The molecular weight excluding hydrogens is 721 g/mol. The number of unbranched alkanes of at least 4 members (excludes halogenated alkanes) is 28. The van der Waals surface area contributed by atoms with E-state index in [1.165, 1.54) is 135 Å². The van der Waals surface area contributed by atoms with Crippen LogP contribution in [-0.4, -0.2) is 37.2 Å². The van der Waals surface area contributed by atoms with E-state index in [0.29, 0.717) is 19.3 Å². The number of carbonyl (C=O) groups excluding carboxylic acids is 3. The molecule has 0 saturated heterocycles. The van der Waals surface area contributed by atoms with Crippen molar-refractivity contribution in [1.82, 2.24) is 0 Å². The molecule has 0 aliphatic carbocycles. The first-order valence-electron chi connectivity index (χ1n) is 25.0. The van der Waals surface area contributed by atoms with Gasteiger partial charge in [-0.1, -0.05) is 198 Å². The van der Waals surface area contributed by atoms with Gasteiger partial charge in [-0.3, -0.25) is 14.4 Å². The first-order valence-corrected chi connectivity index (χ1v) is 25.0. The van der Waals surface area contributed by atoms with E-state index in [4.69, 9.17) is 14.2 Å².